The third kappa shape index (κ3) is 16.9. The van der Waals surface area contributed by atoms with E-state index in [2.05, 4.69) is 32.9 Å². The van der Waals surface area contributed by atoms with Gasteiger partial charge in [0.25, 0.3) is 0 Å². The van der Waals surface area contributed by atoms with Crippen LogP contribution in [0.5, 0.6) is 0 Å². The molecular formula is C17H29O6P2-3. The summed E-state index contributed by atoms with van der Waals surface area (Å²) < 4.78 is 16.3. The van der Waals surface area contributed by atoms with E-state index in [1.165, 1.54) is 11.1 Å². The van der Waals surface area contributed by atoms with Crippen molar-refractivity contribution in [2.75, 3.05) is 18.9 Å². The molecule has 0 aromatic heterocycles. The monoisotopic (exact) mass is 391 g/mol. The van der Waals surface area contributed by atoms with Gasteiger partial charge in [0.1, 0.15) is 0 Å². The highest BCUT2D eigenvalue weighted by Crippen LogP contribution is 2.48. The van der Waals surface area contributed by atoms with Gasteiger partial charge in [0.2, 0.25) is 0 Å². The molecule has 6 nitrogen and oxygen atoms in total. The lowest BCUT2D eigenvalue weighted by Crippen LogP contribution is -2.36. The molecule has 0 heterocycles. The maximum Gasteiger partial charge on any atom is 0.0907 e. The molecular weight excluding hydrogens is 362 g/mol. The SMILES string of the molecule is CC(C)=CCC/C(C)=C/CC/C(C)=C/COCP(=O)([O-])C[P+]([O-])([O-])[O-]. The molecule has 0 saturated carbocycles. The lowest BCUT2D eigenvalue weighted by atomic mass is 10.1. The maximum absolute atomic E-state index is 11.4. The van der Waals surface area contributed by atoms with Crippen LogP contribution < -0.4 is 19.6 Å². The van der Waals surface area contributed by atoms with Crippen LogP contribution in [0.25, 0.3) is 0 Å². The van der Waals surface area contributed by atoms with Crippen LogP contribution in [0.3, 0.4) is 0 Å². The van der Waals surface area contributed by atoms with Crippen LogP contribution in [0.1, 0.15) is 53.4 Å². The van der Waals surface area contributed by atoms with Crippen LogP contribution in [-0.2, 0) is 9.30 Å². The maximum atomic E-state index is 11.4. The summed E-state index contributed by atoms with van der Waals surface area (Å²) in [6.45, 7) is 8.28. The molecule has 0 aliphatic rings. The van der Waals surface area contributed by atoms with Gasteiger partial charge in [0.15, 0.2) is 0 Å². The van der Waals surface area contributed by atoms with Crippen LogP contribution in [0.4, 0.5) is 0 Å². The number of allylic oxidation sites excluding steroid dienone is 5. The molecule has 0 rings (SSSR count). The van der Waals surface area contributed by atoms with Crippen LogP contribution in [0.15, 0.2) is 34.9 Å². The molecule has 0 N–H and O–H groups in total. The zero-order valence-electron chi connectivity index (χ0n) is 15.5. The Kier molecular flexibility index (Phi) is 12.0. The molecule has 0 saturated heterocycles. The number of rotatable bonds is 12. The first kappa shape index (κ1) is 24.7. The minimum atomic E-state index is -5.07. The van der Waals surface area contributed by atoms with Crippen molar-refractivity contribution in [3.63, 3.8) is 0 Å². The van der Waals surface area contributed by atoms with Crippen molar-refractivity contribution < 1.29 is 28.9 Å². The molecule has 0 aliphatic heterocycles. The lowest BCUT2D eigenvalue weighted by molar-refractivity contribution is -0.426. The van der Waals surface area contributed by atoms with Crippen molar-refractivity contribution in [1.82, 2.24) is 0 Å². The van der Waals surface area contributed by atoms with E-state index in [-0.39, 0.29) is 6.61 Å². The normalized spacial score (nSPS) is 15.8. The van der Waals surface area contributed by atoms with Crippen LogP contribution in [0.2, 0.25) is 0 Å². The average Bonchev–Trinajstić information content (AvgIpc) is 2.40. The first-order valence-corrected chi connectivity index (χ1v) is 12.0. The number of hydrogen-bond acceptors (Lipinski definition) is 6. The molecule has 0 bridgehead atoms. The predicted molar refractivity (Wildman–Crippen MR) is 95.6 cm³/mol. The van der Waals surface area contributed by atoms with Crippen molar-refractivity contribution in [2.24, 2.45) is 0 Å². The van der Waals surface area contributed by atoms with E-state index < -0.39 is 27.6 Å². The Morgan fingerprint density at radius 3 is 2.00 bits per heavy atom. The number of hydrogen-bond donors (Lipinski definition) is 0. The van der Waals surface area contributed by atoms with Crippen molar-refractivity contribution in [2.45, 2.75) is 53.4 Å². The standard InChI is InChI=1S/C17H32O6P2/c1-15(2)7-5-8-16(3)9-6-10-17(4)11-12-23-13-24(18,19)14-25(20,21)22/h7,9,11H,5-6,8,10,12-14H2,1-4H3,(H,18,19)(H2,20,21,22)/p-3/b16-9+,17-11+. The Hall–Kier alpha value is -0.320. The van der Waals surface area contributed by atoms with E-state index in [0.29, 0.717) is 0 Å². The molecule has 0 radical (unpaired) electrons. The van der Waals surface area contributed by atoms with Gasteiger partial charge < -0.3 is 28.9 Å². The van der Waals surface area contributed by atoms with Crippen molar-refractivity contribution in [3.05, 3.63) is 34.9 Å². The minimum absolute atomic E-state index is 0.0728. The van der Waals surface area contributed by atoms with Gasteiger partial charge in [0, 0.05) is 0 Å². The molecule has 0 aliphatic carbocycles. The summed E-state index contributed by atoms with van der Waals surface area (Å²) in [5.41, 5.74) is 3.73. The average molecular weight is 391 g/mol. The van der Waals surface area contributed by atoms with Crippen LogP contribution >= 0.6 is 15.3 Å². The molecule has 25 heavy (non-hydrogen) atoms. The fraction of sp³-hybridized carbons (Fsp3) is 0.647. The predicted octanol–water partition coefficient (Wildman–Crippen LogP) is 1.82. The number of ether oxygens (including phenoxy) is 1. The van der Waals surface area contributed by atoms with Crippen molar-refractivity contribution >= 4 is 15.3 Å². The van der Waals surface area contributed by atoms with E-state index >= 15 is 0 Å². The summed E-state index contributed by atoms with van der Waals surface area (Å²) in [7, 11) is -9.40. The van der Waals surface area contributed by atoms with Crippen molar-refractivity contribution in [3.8, 4) is 0 Å². The third-order valence-corrected chi connectivity index (χ3v) is 7.03. The topological polar surface area (TPSA) is 119 Å². The lowest BCUT2D eigenvalue weighted by Gasteiger charge is -2.45. The third-order valence-electron chi connectivity index (χ3n) is 3.35. The van der Waals surface area contributed by atoms with E-state index in [1.54, 1.807) is 6.08 Å². The Morgan fingerprint density at radius 1 is 0.960 bits per heavy atom. The highest BCUT2D eigenvalue weighted by atomic mass is 31.3. The molecule has 146 valence electrons. The first-order valence-electron chi connectivity index (χ1n) is 8.24. The van der Waals surface area contributed by atoms with Crippen LogP contribution in [0, 0.1) is 0 Å². The van der Waals surface area contributed by atoms with E-state index in [4.69, 9.17) is 4.74 Å². The van der Waals surface area contributed by atoms with Gasteiger partial charge in [-0.1, -0.05) is 34.9 Å². The molecule has 8 heteroatoms. The molecule has 0 amide bonds. The summed E-state index contributed by atoms with van der Waals surface area (Å²) in [6.07, 6.45) is 9.26. The Balaban J connectivity index is 4.06. The van der Waals surface area contributed by atoms with Gasteiger partial charge >= 0.3 is 0 Å². The summed E-state index contributed by atoms with van der Waals surface area (Å²) in [6, 6.07) is 0. The Labute approximate surface area is 152 Å². The molecule has 0 aromatic rings. The molecule has 0 aromatic carbocycles. The van der Waals surface area contributed by atoms with E-state index in [9.17, 15) is 24.1 Å². The zero-order chi connectivity index (χ0) is 19.5. The molecule has 1 unspecified atom stereocenters. The zero-order valence-corrected chi connectivity index (χ0v) is 17.3. The van der Waals surface area contributed by atoms with Gasteiger partial charge in [0.05, 0.1) is 26.2 Å². The minimum Gasteiger partial charge on any atom is -0.795 e. The van der Waals surface area contributed by atoms with Gasteiger partial charge in [-0.25, -0.2) is 0 Å². The molecule has 0 spiro atoms. The summed E-state index contributed by atoms with van der Waals surface area (Å²) in [5.74, 6) is -1.38. The largest absolute Gasteiger partial charge is 0.795 e. The highest BCUT2D eigenvalue weighted by Gasteiger charge is 2.13. The van der Waals surface area contributed by atoms with Crippen LogP contribution in [-0.4, -0.2) is 18.9 Å². The van der Waals surface area contributed by atoms with Gasteiger partial charge in [-0.2, -0.15) is 7.94 Å². The second-order valence-corrected chi connectivity index (χ2v) is 10.8. The summed E-state index contributed by atoms with van der Waals surface area (Å²) in [5, 5.41) is 0. The van der Waals surface area contributed by atoms with Crippen molar-refractivity contribution in [1.29, 1.82) is 0 Å². The van der Waals surface area contributed by atoms with Gasteiger partial charge in [-0.3, -0.25) is 0 Å². The van der Waals surface area contributed by atoms with E-state index in [1.807, 2.05) is 6.92 Å². The van der Waals surface area contributed by atoms with Gasteiger partial charge in [-0.15, -0.1) is 0 Å². The summed E-state index contributed by atoms with van der Waals surface area (Å²) >= 11 is 0. The fourth-order valence-corrected chi connectivity index (χ4v) is 4.86. The second kappa shape index (κ2) is 12.1. The molecule has 1 atom stereocenters. The first-order chi connectivity index (χ1) is 11.4. The highest BCUT2D eigenvalue weighted by molar-refractivity contribution is 7.72. The Bertz CT molecular complexity index is 528. The second-order valence-electron chi connectivity index (χ2n) is 6.53. The fourth-order valence-electron chi connectivity index (χ4n) is 2.04. The van der Waals surface area contributed by atoms with Gasteiger partial charge in [-0.05, 0) is 53.4 Å². The summed E-state index contributed by atoms with van der Waals surface area (Å²) in [4.78, 5) is 42.8. The van der Waals surface area contributed by atoms with E-state index in [0.717, 1.165) is 31.3 Å². The smallest absolute Gasteiger partial charge is 0.0907 e. The quantitative estimate of drug-likeness (QED) is 0.284. The molecule has 0 fully saturated rings. The Morgan fingerprint density at radius 2 is 1.48 bits per heavy atom.